The summed E-state index contributed by atoms with van der Waals surface area (Å²) in [6, 6.07) is 5.59. The van der Waals surface area contributed by atoms with Gasteiger partial charge in [0.2, 0.25) is 0 Å². The Morgan fingerprint density at radius 1 is 0.896 bits per heavy atom. The van der Waals surface area contributed by atoms with E-state index in [0.717, 1.165) is 52.4 Å². The number of Topliss-reactive ketones (excluding diaryl/α,β-unsaturated/α-hetero) is 3. The lowest BCUT2D eigenvalue weighted by atomic mass is 9.63. The molecule has 9 unspecified atom stereocenters. The Morgan fingerprint density at radius 2 is 1.58 bits per heavy atom. The number of ether oxygens (including phenoxy) is 2. The fraction of sp³-hybridized carbons (Fsp3) is 0.667. The minimum atomic E-state index is -1.35. The first kappa shape index (κ1) is 32.2. The minimum absolute atomic E-state index is 0.00256. The highest BCUT2D eigenvalue weighted by atomic mass is 19.1. The lowest BCUT2D eigenvalue weighted by molar-refractivity contribution is -0.203. The molecule has 2 saturated carbocycles. The molecular formula is C36H46FN5O6. The number of carbonyl (C=O) groups excluding carboxylic acids is 4. The van der Waals surface area contributed by atoms with Crippen molar-refractivity contribution >= 4 is 23.3 Å². The second-order valence-corrected chi connectivity index (χ2v) is 14.8. The zero-order valence-electron chi connectivity index (χ0n) is 27.6. The molecule has 9 atom stereocenters. The number of nitrogens with zero attached hydrogens (tertiary/aromatic N) is 4. The largest absolute Gasteiger partial charge is 0.379 e. The SMILES string of the molecule is CN1CCN(C(=O)C2=CN3C4CC5C(=O)c6ccccc6C(=O)C5CC4OC4C(NCCCN5CCOCC5)C(F)CC(C2=O)C43)CC1. The molecule has 0 radical (unpaired) electrons. The minimum Gasteiger partial charge on any atom is -0.379 e. The van der Waals surface area contributed by atoms with Crippen molar-refractivity contribution in [2.75, 3.05) is 72.6 Å². The number of ketones is 3. The Hall–Kier alpha value is -3.03. The van der Waals surface area contributed by atoms with Crippen LogP contribution in [0, 0.1) is 17.8 Å². The van der Waals surface area contributed by atoms with E-state index in [1.165, 1.54) is 0 Å². The van der Waals surface area contributed by atoms with Crippen molar-refractivity contribution in [1.29, 1.82) is 0 Å². The molecule has 1 aromatic carbocycles. The third kappa shape index (κ3) is 5.53. The van der Waals surface area contributed by atoms with Crippen molar-refractivity contribution < 1.29 is 33.0 Å². The average molecular weight is 664 g/mol. The topological polar surface area (TPSA) is 112 Å². The number of nitrogens with one attached hydrogen (secondary N) is 1. The first-order chi connectivity index (χ1) is 23.3. The number of piperazine rings is 1. The van der Waals surface area contributed by atoms with Crippen molar-refractivity contribution in [2.24, 2.45) is 17.8 Å². The second kappa shape index (κ2) is 13.0. The van der Waals surface area contributed by atoms with E-state index in [9.17, 15) is 19.2 Å². The third-order valence-corrected chi connectivity index (χ3v) is 12.1. The van der Waals surface area contributed by atoms with Crippen LogP contribution in [-0.4, -0.2) is 152 Å². The average Bonchev–Trinajstić information content (AvgIpc) is 3.11. The first-order valence-corrected chi connectivity index (χ1v) is 17.8. The molecule has 3 saturated heterocycles. The molecule has 7 aliphatic rings. The Labute approximate surface area is 280 Å². The fourth-order valence-electron chi connectivity index (χ4n) is 9.48. The van der Waals surface area contributed by atoms with Crippen molar-refractivity contribution in [3.8, 4) is 0 Å². The normalized spacial score (nSPS) is 36.9. The van der Waals surface area contributed by atoms with E-state index in [4.69, 9.17) is 9.47 Å². The van der Waals surface area contributed by atoms with Crippen LogP contribution in [0.5, 0.6) is 0 Å². The highest BCUT2D eigenvalue weighted by Gasteiger charge is 2.61. The summed E-state index contributed by atoms with van der Waals surface area (Å²) in [5.41, 5.74) is 1.02. The molecule has 12 heteroatoms. The molecule has 1 amide bonds. The Kier molecular flexibility index (Phi) is 8.73. The summed E-state index contributed by atoms with van der Waals surface area (Å²) in [7, 11) is 2.01. The Balaban J connectivity index is 1.10. The predicted molar refractivity (Wildman–Crippen MR) is 173 cm³/mol. The summed E-state index contributed by atoms with van der Waals surface area (Å²) in [5.74, 6) is -2.48. The Morgan fingerprint density at radius 3 is 2.29 bits per heavy atom. The molecule has 1 aromatic rings. The number of likely N-dealkylation sites (N-methyl/N-ethyl adjacent to an activating group) is 1. The van der Waals surface area contributed by atoms with E-state index in [1.54, 1.807) is 35.4 Å². The third-order valence-electron chi connectivity index (χ3n) is 12.1. The van der Waals surface area contributed by atoms with Gasteiger partial charge in [-0.25, -0.2) is 4.39 Å². The quantitative estimate of drug-likeness (QED) is 0.352. The van der Waals surface area contributed by atoms with E-state index in [2.05, 4.69) is 20.0 Å². The van der Waals surface area contributed by atoms with E-state index < -0.39 is 48.2 Å². The van der Waals surface area contributed by atoms with E-state index in [0.29, 0.717) is 43.6 Å². The molecule has 0 spiro atoms. The van der Waals surface area contributed by atoms with Crippen LogP contribution in [0.15, 0.2) is 36.0 Å². The second-order valence-electron chi connectivity index (χ2n) is 14.8. The highest BCUT2D eigenvalue weighted by molar-refractivity contribution is 6.20. The number of fused-ring (bicyclic) bond motifs is 4. The molecule has 0 bridgehead atoms. The molecule has 48 heavy (non-hydrogen) atoms. The van der Waals surface area contributed by atoms with Gasteiger partial charge in [-0.3, -0.25) is 24.1 Å². The number of amides is 1. The van der Waals surface area contributed by atoms with Gasteiger partial charge in [0.15, 0.2) is 17.3 Å². The number of halogens is 1. The predicted octanol–water partition coefficient (Wildman–Crippen LogP) is 1.18. The van der Waals surface area contributed by atoms with Gasteiger partial charge in [-0.2, -0.15) is 0 Å². The first-order valence-electron chi connectivity index (χ1n) is 17.8. The zero-order valence-corrected chi connectivity index (χ0v) is 27.6. The van der Waals surface area contributed by atoms with Crippen molar-refractivity contribution in [3.05, 3.63) is 47.2 Å². The van der Waals surface area contributed by atoms with E-state index in [1.807, 2.05) is 7.05 Å². The number of hydrogen-bond donors (Lipinski definition) is 1. The summed E-state index contributed by atoms with van der Waals surface area (Å²) in [5, 5.41) is 3.47. The van der Waals surface area contributed by atoms with Crippen molar-refractivity contribution in [3.63, 3.8) is 0 Å². The maximum absolute atomic E-state index is 16.3. The van der Waals surface area contributed by atoms with Gasteiger partial charge in [-0.15, -0.1) is 0 Å². The number of morpholine rings is 2. The molecular weight excluding hydrogens is 617 g/mol. The molecule has 3 aliphatic carbocycles. The summed E-state index contributed by atoms with van der Waals surface area (Å²) in [6.45, 7) is 7.19. The van der Waals surface area contributed by atoms with Gasteiger partial charge in [0.1, 0.15) is 6.17 Å². The van der Waals surface area contributed by atoms with Crippen LogP contribution in [0.4, 0.5) is 4.39 Å². The number of carbonyl (C=O) groups is 4. The molecule has 0 aromatic heterocycles. The monoisotopic (exact) mass is 663 g/mol. The summed E-state index contributed by atoms with van der Waals surface area (Å²) < 4.78 is 28.6. The summed E-state index contributed by atoms with van der Waals surface area (Å²) in [6.07, 6.45) is 0.815. The fourth-order valence-corrected chi connectivity index (χ4v) is 9.48. The maximum atomic E-state index is 16.3. The molecule has 258 valence electrons. The van der Waals surface area contributed by atoms with Gasteiger partial charge >= 0.3 is 0 Å². The van der Waals surface area contributed by atoms with Gasteiger partial charge in [-0.05, 0) is 45.8 Å². The smallest absolute Gasteiger partial charge is 0.259 e. The number of hydrogen-bond acceptors (Lipinski definition) is 10. The number of rotatable bonds is 6. The van der Waals surface area contributed by atoms with E-state index >= 15 is 4.39 Å². The summed E-state index contributed by atoms with van der Waals surface area (Å²) >= 11 is 0. The molecule has 11 nitrogen and oxygen atoms in total. The summed E-state index contributed by atoms with van der Waals surface area (Å²) in [4.78, 5) is 64.0. The number of benzene rings is 1. The van der Waals surface area contributed by atoms with Crippen LogP contribution in [0.3, 0.4) is 0 Å². The lowest BCUT2D eigenvalue weighted by Gasteiger charge is -2.60. The molecule has 1 N–H and O–H groups in total. The molecule has 4 heterocycles. The van der Waals surface area contributed by atoms with Gasteiger partial charge in [0.05, 0.1) is 49.1 Å². The standard InChI is InChI=1S/C36H46FN5O6/c1-39-9-11-41(12-10-39)36(46)26-20-42-28-18-23-24(33(44)22-6-3-2-5-21(22)32(23)43)19-29(28)48-35-30(27(37)17-25(31(35)42)34(26)45)38-7-4-8-40-13-15-47-16-14-40/h2-3,5-6,20,23-25,27-31,35,38H,4,7-19H2,1H3. The highest BCUT2D eigenvalue weighted by Crippen LogP contribution is 2.49. The van der Waals surface area contributed by atoms with Crippen LogP contribution in [0.2, 0.25) is 0 Å². The van der Waals surface area contributed by atoms with E-state index in [-0.39, 0.29) is 41.3 Å². The molecule has 4 aliphatic heterocycles. The van der Waals surface area contributed by atoms with Crippen LogP contribution >= 0.6 is 0 Å². The van der Waals surface area contributed by atoms with Crippen LogP contribution in [-0.2, 0) is 19.1 Å². The van der Waals surface area contributed by atoms with Gasteiger partial charge < -0.3 is 29.5 Å². The lowest BCUT2D eigenvalue weighted by Crippen LogP contribution is -2.73. The van der Waals surface area contributed by atoms with Crippen molar-refractivity contribution in [2.45, 2.75) is 62.2 Å². The van der Waals surface area contributed by atoms with Crippen molar-refractivity contribution in [1.82, 2.24) is 24.9 Å². The number of alkyl halides is 1. The molecule has 5 fully saturated rings. The van der Waals surface area contributed by atoms with Gasteiger partial charge in [0, 0.05) is 74.3 Å². The van der Waals surface area contributed by atoms with Crippen LogP contribution < -0.4 is 5.32 Å². The van der Waals surface area contributed by atoms with Crippen LogP contribution in [0.1, 0.15) is 46.4 Å². The molecule has 8 rings (SSSR count). The zero-order chi connectivity index (χ0) is 33.1. The van der Waals surface area contributed by atoms with Gasteiger partial charge in [0.25, 0.3) is 5.91 Å². The Bertz CT molecular complexity index is 1490. The van der Waals surface area contributed by atoms with Crippen LogP contribution in [0.25, 0.3) is 0 Å². The maximum Gasteiger partial charge on any atom is 0.259 e. The van der Waals surface area contributed by atoms with Gasteiger partial charge in [-0.1, -0.05) is 24.3 Å².